The summed E-state index contributed by atoms with van der Waals surface area (Å²) < 4.78 is 41.3. The number of halogens is 2. The van der Waals surface area contributed by atoms with E-state index in [4.69, 9.17) is 9.47 Å². The topological polar surface area (TPSA) is 55.8 Å². The molecule has 4 aliphatic carbocycles. The minimum atomic E-state index is -0.832. The van der Waals surface area contributed by atoms with Crippen molar-refractivity contribution in [2.24, 2.45) is 23.2 Å². The van der Waals surface area contributed by atoms with Gasteiger partial charge in [0.05, 0.1) is 12.2 Å². The van der Waals surface area contributed by atoms with E-state index in [1.807, 2.05) is 0 Å². The lowest BCUT2D eigenvalue weighted by Gasteiger charge is -2.56. The Morgan fingerprint density at radius 2 is 1.65 bits per heavy atom. The van der Waals surface area contributed by atoms with Crippen LogP contribution in [0.3, 0.4) is 0 Å². The van der Waals surface area contributed by atoms with E-state index in [1.54, 1.807) is 20.8 Å². The number of hydrogen-bond acceptors (Lipinski definition) is 4. The molecule has 5 aliphatic rings. The third-order valence-corrected chi connectivity index (χ3v) is 8.14. The molecule has 0 unspecified atom stereocenters. The average molecular weight is 476 g/mol. The molecule has 1 aliphatic heterocycles. The first-order valence-electron chi connectivity index (χ1n) is 12.7. The summed E-state index contributed by atoms with van der Waals surface area (Å²) in [6.07, 6.45) is 8.30. The Balaban J connectivity index is 1.28. The fourth-order valence-electron chi connectivity index (χ4n) is 7.28. The molecule has 7 heteroatoms. The molecule has 1 heterocycles. The summed E-state index contributed by atoms with van der Waals surface area (Å²) in [6.45, 7) is 5.96. The van der Waals surface area contributed by atoms with Crippen LogP contribution in [0, 0.1) is 34.8 Å². The van der Waals surface area contributed by atoms with Crippen molar-refractivity contribution in [2.45, 2.75) is 83.8 Å². The summed E-state index contributed by atoms with van der Waals surface area (Å²) in [5.74, 6) is -0.703. The first-order chi connectivity index (χ1) is 16.0. The van der Waals surface area contributed by atoms with E-state index < -0.39 is 35.2 Å². The van der Waals surface area contributed by atoms with Crippen LogP contribution in [0.15, 0.2) is 12.1 Å². The Bertz CT molecular complexity index is 950. The lowest BCUT2D eigenvalue weighted by atomic mass is 9.50. The number of nitrogens with zero attached hydrogens (tertiary/aromatic N) is 1. The van der Waals surface area contributed by atoms with Crippen LogP contribution in [0.5, 0.6) is 5.75 Å². The molecular formula is C27H35F2NO4. The maximum absolute atomic E-state index is 15.0. The highest BCUT2D eigenvalue weighted by Crippen LogP contribution is 2.60. The molecule has 186 valence electrons. The molecule has 6 rings (SSSR count). The van der Waals surface area contributed by atoms with Gasteiger partial charge in [0.25, 0.3) is 5.91 Å². The lowest BCUT2D eigenvalue weighted by molar-refractivity contribution is -0.159. The van der Waals surface area contributed by atoms with Crippen LogP contribution in [-0.2, 0) is 9.53 Å². The number of esters is 1. The van der Waals surface area contributed by atoms with Gasteiger partial charge in [-0.1, -0.05) is 0 Å². The van der Waals surface area contributed by atoms with Crippen molar-refractivity contribution in [3.8, 4) is 5.75 Å². The number of rotatable bonds is 5. The van der Waals surface area contributed by atoms with Crippen LogP contribution in [0.1, 0.15) is 82.5 Å². The molecule has 0 radical (unpaired) electrons. The minimum absolute atomic E-state index is 0.0718. The molecule has 1 aromatic carbocycles. The van der Waals surface area contributed by atoms with Crippen molar-refractivity contribution < 1.29 is 27.8 Å². The monoisotopic (exact) mass is 475 g/mol. The van der Waals surface area contributed by atoms with Crippen molar-refractivity contribution in [1.29, 1.82) is 0 Å². The fourth-order valence-corrected chi connectivity index (χ4v) is 7.28. The Morgan fingerprint density at radius 1 is 1.03 bits per heavy atom. The molecule has 4 bridgehead atoms. The van der Waals surface area contributed by atoms with Gasteiger partial charge < -0.3 is 14.4 Å². The first-order valence-corrected chi connectivity index (χ1v) is 12.7. The number of carbonyl (C=O) groups is 2. The summed E-state index contributed by atoms with van der Waals surface area (Å²) in [7, 11) is 0. The second-order valence-electron chi connectivity index (χ2n) is 12.2. The number of benzene rings is 1. The van der Waals surface area contributed by atoms with Gasteiger partial charge in [-0.3, -0.25) is 4.79 Å². The lowest BCUT2D eigenvalue weighted by Crippen LogP contribution is -2.48. The van der Waals surface area contributed by atoms with Gasteiger partial charge in [0.2, 0.25) is 0 Å². The highest BCUT2D eigenvalue weighted by atomic mass is 19.1. The minimum Gasteiger partial charge on any atom is -0.490 e. The summed E-state index contributed by atoms with van der Waals surface area (Å²) in [4.78, 5) is 26.9. The zero-order chi connectivity index (χ0) is 24.3. The van der Waals surface area contributed by atoms with E-state index in [2.05, 4.69) is 0 Å². The van der Waals surface area contributed by atoms with Gasteiger partial charge in [-0.25, -0.2) is 13.6 Å². The van der Waals surface area contributed by atoms with E-state index in [9.17, 15) is 14.0 Å². The predicted octanol–water partition coefficient (Wildman–Crippen LogP) is 5.51. The van der Waals surface area contributed by atoms with Crippen molar-refractivity contribution in [1.82, 2.24) is 4.90 Å². The van der Waals surface area contributed by atoms with Crippen LogP contribution in [0.4, 0.5) is 8.78 Å². The standard InChI is InChI=1S/C27H35F2NO4/c1-26(2,3)34-25(32)22-5-4-6-30(22)24(31)19-10-21(29)23(11-20(19)28)33-15-27-12-16-7-17(13-27)9-18(8-16)14-27/h10-11,16-18,22H,4-9,12-15H2,1-3H3/t16?,17?,18?,22-,27?/m0/s1. The summed E-state index contributed by atoms with van der Waals surface area (Å²) in [5, 5.41) is 0. The molecule has 0 aromatic heterocycles. The Hall–Kier alpha value is -2.18. The second kappa shape index (κ2) is 8.49. The van der Waals surface area contributed by atoms with Crippen molar-refractivity contribution in [2.75, 3.05) is 13.2 Å². The molecule has 5 nitrogen and oxygen atoms in total. The largest absolute Gasteiger partial charge is 0.490 e. The number of amides is 1. The smallest absolute Gasteiger partial charge is 0.329 e. The van der Waals surface area contributed by atoms with E-state index in [0.717, 1.165) is 49.1 Å². The maximum Gasteiger partial charge on any atom is 0.329 e. The molecule has 4 saturated carbocycles. The normalized spacial score (nSPS) is 32.2. The van der Waals surface area contributed by atoms with Gasteiger partial charge in [0.1, 0.15) is 17.5 Å². The van der Waals surface area contributed by atoms with Crippen LogP contribution in [0.25, 0.3) is 0 Å². The van der Waals surface area contributed by atoms with E-state index in [-0.39, 0.29) is 16.7 Å². The third-order valence-electron chi connectivity index (χ3n) is 8.14. The molecule has 5 fully saturated rings. The summed E-state index contributed by atoms with van der Waals surface area (Å²) >= 11 is 0. The highest BCUT2D eigenvalue weighted by molar-refractivity contribution is 5.97. The third kappa shape index (κ3) is 4.55. The first kappa shape index (κ1) is 23.6. The summed E-state index contributed by atoms with van der Waals surface area (Å²) in [5.41, 5.74) is -1.00. The van der Waals surface area contributed by atoms with E-state index in [1.165, 1.54) is 24.2 Å². The van der Waals surface area contributed by atoms with Crippen molar-refractivity contribution in [3.63, 3.8) is 0 Å². The van der Waals surface area contributed by atoms with Gasteiger partial charge in [0, 0.05) is 18.0 Å². The number of ether oxygens (including phenoxy) is 2. The van der Waals surface area contributed by atoms with Gasteiger partial charge in [-0.15, -0.1) is 0 Å². The number of hydrogen-bond donors (Lipinski definition) is 0. The van der Waals surface area contributed by atoms with Gasteiger partial charge in [0.15, 0.2) is 11.6 Å². The molecular weight excluding hydrogens is 440 g/mol. The summed E-state index contributed by atoms with van der Waals surface area (Å²) in [6, 6.07) is 1.11. The van der Waals surface area contributed by atoms with Gasteiger partial charge in [-0.2, -0.15) is 0 Å². The predicted molar refractivity (Wildman–Crippen MR) is 122 cm³/mol. The van der Waals surface area contributed by atoms with E-state index >= 15 is 4.39 Å². The van der Waals surface area contributed by atoms with Crippen molar-refractivity contribution in [3.05, 3.63) is 29.3 Å². The fraction of sp³-hybridized carbons (Fsp3) is 0.704. The zero-order valence-corrected chi connectivity index (χ0v) is 20.4. The molecule has 34 heavy (non-hydrogen) atoms. The molecule has 0 N–H and O–H groups in total. The Kier molecular flexibility index (Phi) is 5.88. The highest BCUT2D eigenvalue weighted by Gasteiger charge is 2.51. The Labute approximate surface area is 200 Å². The molecule has 1 aromatic rings. The van der Waals surface area contributed by atoms with Crippen LogP contribution < -0.4 is 4.74 Å². The molecule has 1 saturated heterocycles. The van der Waals surface area contributed by atoms with E-state index in [0.29, 0.717) is 26.0 Å². The molecule has 1 amide bonds. The molecule has 0 spiro atoms. The van der Waals surface area contributed by atoms with Crippen LogP contribution in [-0.4, -0.2) is 41.6 Å². The van der Waals surface area contributed by atoms with Crippen LogP contribution in [0.2, 0.25) is 0 Å². The number of carbonyl (C=O) groups excluding carboxylic acids is 2. The molecule has 1 atom stereocenters. The SMILES string of the molecule is CC(C)(C)OC(=O)[C@@H]1CCCN1C(=O)c1cc(F)c(OCC23CC4CC(CC(C4)C2)C3)cc1F. The second-order valence-corrected chi connectivity index (χ2v) is 12.2. The van der Waals surface area contributed by atoms with Crippen molar-refractivity contribution >= 4 is 11.9 Å². The van der Waals surface area contributed by atoms with Gasteiger partial charge in [-0.05, 0) is 96.0 Å². The maximum atomic E-state index is 15.0. The zero-order valence-electron chi connectivity index (χ0n) is 20.4. The van der Waals surface area contributed by atoms with Gasteiger partial charge >= 0.3 is 5.97 Å². The number of likely N-dealkylation sites (tertiary alicyclic amines) is 1. The average Bonchev–Trinajstić information content (AvgIpc) is 3.21. The van der Waals surface area contributed by atoms with Crippen LogP contribution >= 0.6 is 0 Å². The quantitative estimate of drug-likeness (QED) is 0.527. The Morgan fingerprint density at radius 3 is 2.24 bits per heavy atom.